The van der Waals surface area contributed by atoms with Gasteiger partial charge in [0.05, 0.1) is 18.0 Å². The molecule has 26 heavy (non-hydrogen) atoms. The number of alkyl halides is 2. The Balaban J connectivity index is 1.95. The highest BCUT2D eigenvalue weighted by molar-refractivity contribution is 5.86. The number of methoxy groups -OCH3 is 1. The SMILES string of the molecule is COc1ncc(C2CCC(C)CC2)c2nc(N[C@@H](C)CC(F)F)ncc12. The fourth-order valence-corrected chi connectivity index (χ4v) is 3.67. The van der Waals surface area contributed by atoms with Crippen LogP contribution in [0.2, 0.25) is 0 Å². The van der Waals surface area contributed by atoms with Crippen molar-refractivity contribution in [3.8, 4) is 5.88 Å². The van der Waals surface area contributed by atoms with Crippen molar-refractivity contribution in [3.63, 3.8) is 0 Å². The van der Waals surface area contributed by atoms with Crippen molar-refractivity contribution in [3.05, 3.63) is 18.0 Å². The molecule has 0 unspecified atom stereocenters. The zero-order chi connectivity index (χ0) is 18.7. The third kappa shape index (κ3) is 4.19. The van der Waals surface area contributed by atoms with E-state index in [1.807, 2.05) is 6.20 Å². The van der Waals surface area contributed by atoms with Crippen molar-refractivity contribution < 1.29 is 13.5 Å². The van der Waals surface area contributed by atoms with E-state index in [2.05, 4.69) is 27.2 Å². The third-order valence-electron chi connectivity index (χ3n) is 5.17. The Hall–Kier alpha value is -2.05. The molecule has 0 saturated heterocycles. The zero-order valence-electron chi connectivity index (χ0n) is 15.5. The average Bonchev–Trinajstić information content (AvgIpc) is 2.60. The maximum Gasteiger partial charge on any atom is 0.240 e. The van der Waals surface area contributed by atoms with E-state index < -0.39 is 12.5 Å². The first-order chi connectivity index (χ1) is 12.5. The Kier molecular flexibility index (Phi) is 5.84. The normalized spacial score (nSPS) is 21.8. The van der Waals surface area contributed by atoms with Gasteiger partial charge in [0.25, 0.3) is 0 Å². The van der Waals surface area contributed by atoms with Gasteiger partial charge < -0.3 is 10.1 Å². The first-order valence-corrected chi connectivity index (χ1v) is 9.22. The molecule has 142 valence electrons. The van der Waals surface area contributed by atoms with E-state index in [0.29, 0.717) is 17.7 Å². The Morgan fingerprint density at radius 2 is 1.92 bits per heavy atom. The molecule has 1 atom stereocenters. The highest BCUT2D eigenvalue weighted by Crippen LogP contribution is 2.39. The molecule has 2 heterocycles. The molecule has 1 saturated carbocycles. The van der Waals surface area contributed by atoms with Crippen molar-refractivity contribution in [2.24, 2.45) is 5.92 Å². The Morgan fingerprint density at radius 1 is 1.19 bits per heavy atom. The van der Waals surface area contributed by atoms with Gasteiger partial charge in [-0.25, -0.2) is 23.7 Å². The van der Waals surface area contributed by atoms with Crippen molar-refractivity contribution in [1.29, 1.82) is 0 Å². The number of hydrogen-bond donors (Lipinski definition) is 1. The first-order valence-electron chi connectivity index (χ1n) is 9.22. The molecule has 3 rings (SSSR count). The van der Waals surface area contributed by atoms with E-state index in [0.717, 1.165) is 35.2 Å². The summed E-state index contributed by atoms with van der Waals surface area (Å²) in [6, 6.07) is -0.407. The van der Waals surface area contributed by atoms with Gasteiger partial charge in [-0.15, -0.1) is 0 Å². The molecule has 0 aliphatic heterocycles. The number of pyridine rings is 1. The molecule has 1 fully saturated rings. The fourth-order valence-electron chi connectivity index (χ4n) is 3.67. The van der Waals surface area contributed by atoms with Crippen molar-refractivity contribution in [1.82, 2.24) is 15.0 Å². The third-order valence-corrected chi connectivity index (χ3v) is 5.17. The summed E-state index contributed by atoms with van der Waals surface area (Å²) in [5, 5.41) is 3.74. The summed E-state index contributed by atoms with van der Waals surface area (Å²) in [5.41, 5.74) is 1.90. The van der Waals surface area contributed by atoms with Gasteiger partial charge in [-0.2, -0.15) is 0 Å². The zero-order valence-corrected chi connectivity index (χ0v) is 15.5. The number of anilines is 1. The molecule has 2 aromatic heterocycles. The van der Waals surface area contributed by atoms with Crippen LogP contribution in [0.15, 0.2) is 12.4 Å². The highest BCUT2D eigenvalue weighted by Gasteiger charge is 2.24. The molecule has 1 aliphatic carbocycles. The van der Waals surface area contributed by atoms with Gasteiger partial charge in [-0.3, -0.25) is 0 Å². The van der Waals surface area contributed by atoms with Gasteiger partial charge in [-0.1, -0.05) is 19.8 Å². The van der Waals surface area contributed by atoms with Crippen LogP contribution in [0.1, 0.15) is 57.4 Å². The number of aromatic nitrogens is 3. The van der Waals surface area contributed by atoms with Crippen LogP contribution in [0.25, 0.3) is 10.9 Å². The molecule has 2 aromatic rings. The van der Waals surface area contributed by atoms with Crippen LogP contribution in [-0.2, 0) is 0 Å². The lowest BCUT2D eigenvalue weighted by atomic mass is 9.79. The molecule has 0 aromatic carbocycles. The molecule has 7 heteroatoms. The van der Waals surface area contributed by atoms with Gasteiger partial charge in [0.2, 0.25) is 18.3 Å². The summed E-state index contributed by atoms with van der Waals surface area (Å²) >= 11 is 0. The van der Waals surface area contributed by atoms with Crippen molar-refractivity contribution in [2.45, 2.75) is 64.3 Å². The van der Waals surface area contributed by atoms with E-state index in [9.17, 15) is 8.78 Å². The Labute approximate surface area is 152 Å². The minimum atomic E-state index is -2.36. The van der Waals surface area contributed by atoms with Crippen LogP contribution in [0.5, 0.6) is 5.88 Å². The lowest BCUT2D eigenvalue weighted by Gasteiger charge is -2.27. The van der Waals surface area contributed by atoms with Crippen LogP contribution in [-0.4, -0.2) is 34.5 Å². The van der Waals surface area contributed by atoms with Gasteiger partial charge >= 0.3 is 0 Å². The minimum absolute atomic E-state index is 0.242. The van der Waals surface area contributed by atoms with E-state index >= 15 is 0 Å². The standard InChI is InChI=1S/C19H26F2N4O/c1-11-4-6-13(7-5-11)14-9-22-18(26-3)15-10-23-19(25-17(14)15)24-12(2)8-16(20)21/h9-13,16H,4-8H2,1-3H3,(H,23,24,25)/t11?,12-,13?/m0/s1. The van der Waals surface area contributed by atoms with E-state index in [-0.39, 0.29) is 6.42 Å². The molecular formula is C19H26F2N4O. The molecule has 0 amide bonds. The molecular weight excluding hydrogens is 338 g/mol. The molecule has 0 spiro atoms. The number of halogens is 2. The molecule has 5 nitrogen and oxygen atoms in total. The number of rotatable bonds is 6. The number of fused-ring (bicyclic) bond motifs is 1. The average molecular weight is 364 g/mol. The van der Waals surface area contributed by atoms with Crippen LogP contribution < -0.4 is 10.1 Å². The lowest BCUT2D eigenvalue weighted by Crippen LogP contribution is -2.20. The summed E-state index contributed by atoms with van der Waals surface area (Å²) < 4.78 is 30.5. The van der Waals surface area contributed by atoms with E-state index in [1.54, 1.807) is 20.2 Å². The van der Waals surface area contributed by atoms with Crippen LogP contribution in [0, 0.1) is 5.92 Å². The predicted molar refractivity (Wildman–Crippen MR) is 98.0 cm³/mol. The second-order valence-corrected chi connectivity index (χ2v) is 7.31. The molecule has 0 bridgehead atoms. The molecule has 1 aliphatic rings. The van der Waals surface area contributed by atoms with Crippen LogP contribution in [0.3, 0.4) is 0 Å². The van der Waals surface area contributed by atoms with Gasteiger partial charge in [0.1, 0.15) is 0 Å². The number of nitrogens with one attached hydrogen (secondary N) is 1. The topological polar surface area (TPSA) is 59.9 Å². The second kappa shape index (κ2) is 8.10. The first kappa shape index (κ1) is 18.7. The predicted octanol–water partition coefficient (Wildman–Crippen LogP) is 4.78. The van der Waals surface area contributed by atoms with Gasteiger partial charge in [0, 0.05) is 30.4 Å². The second-order valence-electron chi connectivity index (χ2n) is 7.31. The van der Waals surface area contributed by atoms with E-state index in [1.165, 1.54) is 12.8 Å². The molecule has 1 N–H and O–H groups in total. The Bertz CT molecular complexity index is 748. The number of hydrogen-bond acceptors (Lipinski definition) is 5. The van der Waals surface area contributed by atoms with Crippen molar-refractivity contribution >= 4 is 16.9 Å². The summed E-state index contributed by atoms with van der Waals surface area (Å²) in [6.45, 7) is 3.99. The minimum Gasteiger partial charge on any atom is -0.480 e. The summed E-state index contributed by atoms with van der Waals surface area (Å²) in [7, 11) is 1.57. The largest absolute Gasteiger partial charge is 0.480 e. The lowest BCUT2D eigenvalue weighted by molar-refractivity contribution is 0.133. The quantitative estimate of drug-likeness (QED) is 0.799. The van der Waals surface area contributed by atoms with Gasteiger partial charge in [0.15, 0.2) is 0 Å². The number of nitrogens with zero attached hydrogens (tertiary/aromatic N) is 3. The van der Waals surface area contributed by atoms with E-state index in [4.69, 9.17) is 4.74 Å². The van der Waals surface area contributed by atoms with Gasteiger partial charge in [-0.05, 0) is 31.6 Å². The summed E-state index contributed by atoms with van der Waals surface area (Å²) in [5.74, 6) is 2.02. The maximum absolute atomic E-state index is 12.6. The van der Waals surface area contributed by atoms with Crippen molar-refractivity contribution in [2.75, 3.05) is 12.4 Å². The smallest absolute Gasteiger partial charge is 0.240 e. The van der Waals surface area contributed by atoms with Crippen LogP contribution in [0.4, 0.5) is 14.7 Å². The summed E-state index contributed by atoms with van der Waals surface area (Å²) in [4.78, 5) is 13.3. The number of ether oxygens (including phenoxy) is 1. The highest BCUT2D eigenvalue weighted by atomic mass is 19.3. The molecule has 0 radical (unpaired) electrons. The summed E-state index contributed by atoms with van der Waals surface area (Å²) in [6.07, 6.45) is 5.52. The van der Waals surface area contributed by atoms with Crippen LogP contribution >= 0.6 is 0 Å². The fraction of sp³-hybridized carbons (Fsp3) is 0.632. The monoisotopic (exact) mass is 364 g/mol. The maximum atomic E-state index is 12.6. The Morgan fingerprint density at radius 3 is 2.58 bits per heavy atom.